The average molecular weight is 300 g/mol. The highest BCUT2D eigenvalue weighted by molar-refractivity contribution is 7.90. The summed E-state index contributed by atoms with van der Waals surface area (Å²) in [6, 6.07) is 14.4. The fourth-order valence-corrected chi connectivity index (χ4v) is 2.43. The van der Waals surface area contributed by atoms with Crippen molar-refractivity contribution in [2.75, 3.05) is 4.72 Å². The van der Waals surface area contributed by atoms with E-state index in [4.69, 9.17) is 5.14 Å². The van der Waals surface area contributed by atoms with Crippen molar-refractivity contribution in [3.63, 3.8) is 0 Å². The number of nitrogens with two attached hydrogens (primary N) is 1. The number of nitrogens with one attached hydrogen (secondary N) is 1. The molecule has 0 saturated carbocycles. The summed E-state index contributed by atoms with van der Waals surface area (Å²) in [5.41, 5.74) is 2.04. The van der Waals surface area contributed by atoms with Crippen LogP contribution in [0, 0.1) is 0 Å². The molecule has 0 bridgehead atoms. The SMILES string of the molecule is NS(=O)(=O)Nc1ccc(-c2ncc3ccccc3n2)cc1. The van der Waals surface area contributed by atoms with Gasteiger partial charge in [-0.3, -0.25) is 4.72 Å². The third-order valence-corrected chi connectivity index (χ3v) is 3.41. The summed E-state index contributed by atoms with van der Waals surface area (Å²) in [4.78, 5) is 8.78. The monoisotopic (exact) mass is 300 g/mol. The highest BCUT2D eigenvalue weighted by Gasteiger charge is 2.05. The van der Waals surface area contributed by atoms with Crippen LogP contribution in [0.5, 0.6) is 0 Å². The maximum atomic E-state index is 10.9. The Bertz CT molecular complexity index is 892. The molecule has 0 aliphatic rings. The maximum absolute atomic E-state index is 10.9. The van der Waals surface area contributed by atoms with Crippen LogP contribution >= 0.6 is 0 Å². The molecule has 0 amide bonds. The largest absolute Gasteiger partial charge is 0.296 e. The Morgan fingerprint density at radius 3 is 2.43 bits per heavy atom. The molecule has 3 rings (SSSR count). The number of anilines is 1. The van der Waals surface area contributed by atoms with E-state index < -0.39 is 10.2 Å². The molecule has 1 heterocycles. The second kappa shape index (κ2) is 5.12. The predicted octanol–water partition coefficient (Wildman–Crippen LogP) is 1.91. The summed E-state index contributed by atoms with van der Waals surface area (Å²) in [6.07, 6.45) is 1.76. The van der Waals surface area contributed by atoms with Crippen molar-refractivity contribution in [1.29, 1.82) is 0 Å². The Hall–Kier alpha value is -2.51. The van der Waals surface area contributed by atoms with Gasteiger partial charge in [0.05, 0.1) is 5.52 Å². The molecule has 3 N–H and O–H groups in total. The quantitative estimate of drug-likeness (QED) is 0.772. The van der Waals surface area contributed by atoms with Gasteiger partial charge >= 0.3 is 0 Å². The van der Waals surface area contributed by atoms with Crippen LogP contribution in [0.2, 0.25) is 0 Å². The number of hydrogen-bond acceptors (Lipinski definition) is 4. The lowest BCUT2D eigenvalue weighted by Crippen LogP contribution is -2.21. The van der Waals surface area contributed by atoms with E-state index >= 15 is 0 Å². The molecule has 0 fully saturated rings. The third kappa shape index (κ3) is 3.15. The van der Waals surface area contributed by atoms with Crippen LogP contribution in [0.4, 0.5) is 5.69 Å². The fourth-order valence-electron chi connectivity index (χ4n) is 1.96. The lowest BCUT2D eigenvalue weighted by molar-refractivity contribution is 0.603. The van der Waals surface area contributed by atoms with E-state index in [0.717, 1.165) is 16.5 Å². The number of para-hydroxylation sites is 1. The van der Waals surface area contributed by atoms with Crippen LogP contribution in [0.25, 0.3) is 22.3 Å². The minimum absolute atomic E-state index is 0.391. The Morgan fingerprint density at radius 1 is 1.00 bits per heavy atom. The number of rotatable bonds is 3. The Kier molecular flexibility index (Phi) is 3.28. The van der Waals surface area contributed by atoms with E-state index in [1.807, 2.05) is 24.3 Å². The Labute approximate surface area is 121 Å². The molecule has 0 unspecified atom stereocenters. The molecule has 6 nitrogen and oxygen atoms in total. The Morgan fingerprint density at radius 2 is 1.71 bits per heavy atom. The van der Waals surface area contributed by atoms with Gasteiger partial charge in [-0.25, -0.2) is 15.1 Å². The van der Waals surface area contributed by atoms with E-state index in [1.165, 1.54) is 0 Å². The fraction of sp³-hybridized carbons (Fsp3) is 0. The first-order valence-corrected chi connectivity index (χ1v) is 7.69. The standard InChI is InChI=1S/C14H12N4O2S/c15-21(19,20)18-12-7-5-10(6-8-12)14-16-9-11-3-1-2-4-13(11)17-14/h1-9,18H,(H2,15,19,20). The minimum Gasteiger partial charge on any atom is -0.271 e. The van der Waals surface area contributed by atoms with Crippen molar-refractivity contribution in [3.8, 4) is 11.4 Å². The molecule has 21 heavy (non-hydrogen) atoms. The van der Waals surface area contributed by atoms with Crippen LogP contribution in [0.15, 0.2) is 54.7 Å². The molecular formula is C14H12N4O2S. The van der Waals surface area contributed by atoms with Crippen LogP contribution in [0.3, 0.4) is 0 Å². The van der Waals surface area contributed by atoms with Crippen molar-refractivity contribution in [1.82, 2.24) is 9.97 Å². The number of fused-ring (bicyclic) bond motifs is 1. The van der Waals surface area contributed by atoms with Gasteiger partial charge in [0.25, 0.3) is 10.2 Å². The summed E-state index contributed by atoms with van der Waals surface area (Å²) in [7, 11) is -3.76. The molecule has 7 heteroatoms. The number of aromatic nitrogens is 2. The number of benzene rings is 2. The predicted molar refractivity (Wildman–Crippen MR) is 81.7 cm³/mol. The molecule has 3 aromatic rings. The molecule has 0 aliphatic carbocycles. The van der Waals surface area contributed by atoms with Gasteiger partial charge in [0.15, 0.2) is 5.82 Å². The van der Waals surface area contributed by atoms with Crippen LogP contribution in [-0.4, -0.2) is 18.4 Å². The first-order valence-electron chi connectivity index (χ1n) is 6.14. The lowest BCUT2D eigenvalue weighted by Gasteiger charge is -2.05. The van der Waals surface area contributed by atoms with E-state index in [-0.39, 0.29) is 0 Å². The zero-order valence-electron chi connectivity index (χ0n) is 10.9. The second-order valence-corrected chi connectivity index (χ2v) is 5.77. The van der Waals surface area contributed by atoms with Crippen molar-refractivity contribution in [3.05, 3.63) is 54.7 Å². The molecule has 1 aromatic heterocycles. The zero-order valence-corrected chi connectivity index (χ0v) is 11.7. The van der Waals surface area contributed by atoms with E-state index in [0.29, 0.717) is 11.5 Å². The van der Waals surface area contributed by atoms with Gasteiger partial charge in [-0.15, -0.1) is 0 Å². The molecule has 0 atom stereocenters. The average Bonchev–Trinajstić information content (AvgIpc) is 2.46. The zero-order chi connectivity index (χ0) is 14.9. The summed E-state index contributed by atoms with van der Waals surface area (Å²) < 4.78 is 24.1. The number of nitrogens with zero attached hydrogens (tertiary/aromatic N) is 2. The molecule has 106 valence electrons. The van der Waals surface area contributed by atoms with Crippen molar-refractivity contribution in [2.24, 2.45) is 5.14 Å². The number of hydrogen-bond donors (Lipinski definition) is 2. The molecule has 0 aliphatic heterocycles. The first-order chi connectivity index (χ1) is 10.0. The summed E-state index contributed by atoms with van der Waals surface area (Å²) >= 11 is 0. The van der Waals surface area contributed by atoms with Gasteiger partial charge in [0.1, 0.15) is 0 Å². The Balaban J connectivity index is 1.95. The highest BCUT2D eigenvalue weighted by atomic mass is 32.2. The third-order valence-electron chi connectivity index (χ3n) is 2.89. The van der Waals surface area contributed by atoms with Crippen molar-refractivity contribution >= 4 is 26.8 Å². The smallest absolute Gasteiger partial charge is 0.271 e. The van der Waals surface area contributed by atoms with Crippen LogP contribution in [0.1, 0.15) is 0 Å². The molecule has 0 spiro atoms. The van der Waals surface area contributed by atoms with Gasteiger partial charge < -0.3 is 0 Å². The van der Waals surface area contributed by atoms with Crippen LogP contribution in [-0.2, 0) is 10.2 Å². The maximum Gasteiger partial charge on any atom is 0.296 e. The molecular weight excluding hydrogens is 288 g/mol. The second-order valence-electron chi connectivity index (χ2n) is 4.48. The van der Waals surface area contributed by atoms with Gasteiger partial charge in [-0.2, -0.15) is 8.42 Å². The molecule has 0 saturated heterocycles. The normalized spacial score (nSPS) is 11.5. The first kappa shape index (κ1) is 13.5. The molecule has 2 aromatic carbocycles. The molecule has 0 radical (unpaired) electrons. The minimum atomic E-state index is -3.76. The summed E-state index contributed by atoms with van der Waals surface area (Å²) in [5.74, 6) is 0.579. The topological polar surface area (TPSA) is 98.0 Å². The van der Waals surface area contributed by atoms with Gasteiger partial charge in [-0.05, 0) is 30.3 Å². The lowest BCUT2D eigenvalue weighted by atomic mass is 10.2. The van der Waals surface area contributed by atoms with Gasteiger partial charge in [-0.1, -0.05) is 18.2 Å². The van der Waals surface area contributed by atoms with Crippen LogP contribution < -0.4 is 9.86 Å². The summed E-state index contributed by atoms with van der Waals surface area (Å²) in [6.45, 7) is 0. The van der Waals surface area contributed by atoms with Crippen molar-refractivity contribution < 1.29 is 8.42 Å². The van der Waals surface area contributed by atoms with Crippen molar-refractivity contribution in [2.45, 2.75) is 0 Å². The van der Waals surface area contributed by atoms with E-state index in [1.54, 1.807) is 30.5 Å². The van der Waals surface area contributed by atoms with E-state index in [9.17, 15) is 8.42 Å². The van der Waals surface area contributed by atoms with E-state index in [2.05, 4.69) is 14.7 Å². The van der Waals surface area contributed by atoms with Gasteiger partial charge in [0, 0.05) is 22.8 Å². The van der Waals surface area contributed by atoms with Gasteiger partial charge in [0.2, 0.25) is 0 Å². The summed E-state index contributed by atoms with van der Waals surface area (Å²) in [5, 5.41) is 5.88. The highest BCUT2D eigenvalue weighted by Crippen LogP contribution is 2.20.